The second-order valence-electron chi connectivity index (χ2n) is 11.1. The highest BCUT2D eigenvalue weighted by atomic mass is 32.1. The van der Waals surface area contributed by atoms with E-state index in [-0.39, 0.29) is 0 Å². The molecular formula is C40H24N2S. The smallest absolute Gasteiger partial charge is 0.138 e. The van der Waals surface area contributed by atoms with E-state index in [2.05, 4.69) is 138 Å². The fraction of sp³-hybridized carbons (Fsp3) is 0. The lowest BCUT2D eigenvalue weighted by atomic mass is 9.88. The molecule has 1 aromatic heterocycles. The van der Waals surface area contributed by atoms with Gasteiger partial charge in [-0.1, -0.05) is 133 Å². The van der Waals surface area contributed by atoms with E-state index in [4.69, 9.17) is 0 Å². The molecule has 0 N–H and O–H groups in total. The average molecular weight is 565 g/mol. The van der Waals surface area contributed by atoms with E-state index in [0.29, 0.717) is 0 Å². The summed E-state index contributed by atoms with van der Waals surface area (Å²) in [6, 6.07) is 52.6. The van der Waals surface area contributed by atoms with Crippen molar-refractivity contribution in [1.29, 1.82) is 0 Å². The topological polar surface area (TPSA) is 25.8 Å². The molecule has 1 heterocycles. The molecule has 0 unspecified atom stereocenters. The van der Waals surface area contributed by atoms with Crippen LogP contribution < -0.4 is 0 Å². The van der Waals surface area contributed by atoms with Crippen molar-refractivity contribution in [2.45, 2.75) is 0 Å². The molecule has 200 valence electrons. The van der Waals surface area contributed by atoms with Gasteiger partial charge in [-0.25, -0.2) is 0 Å². The molecule has 0 aliphatic carbocycles. The molecule has 0 atom stereocenters. The van der Waals surface area contributed by atoms with E-state index in [9.17, 15) is 0 Å². The van der Waals surface area contributed by atoms with Gasteiger partial charge in [0, 0.05) is 11.1 Å². The second kappa shape index (κ2) is 9.59. The maximum atomic E-state index is 4.47. The van der Waals surface area contributed by atoms with Crippen LogP contribution in [-0.4, -0.2) is 10.2 Å². The largest absolute Gasteiger partial charge is 0.148 e. The predicted molar refractivity (Wildman–Crippen MR) is 183 cm³/mol. The van der Waals surface area contributed by atoms with E-state index in [1.807, 2.05) is 18.2 Å². The van der Waals surface area contributed by atoms with Crippen molar-refractivity contribution in [3.8, 4) is 43.4 Å². The number of aromatic nitrogens is 2. The number of nitrogens with zero attached hydrogens (tertiary/aromatic N) is 2. The van der Waals surface area contributed by atoms with Crippen molar-refractivity contribution in [2.75, 3.05) is 0 Å². The molecule has 3 heteroatoms. The van der Waals surface area contributed by atoms with Crippen LogP contribution in [0.4, 0.5) is 0 Å². The number of fused-ring (bicyclic) bond motifs is 1. The fourth-order valence-electron chi connectivity index (χ4n) is 6.48. The number of hydrogen-bond acceptors (Lipinski definition) is 3. The van der Waals surface area contributed by atoms with Crippen LogP contribution in [0.1, 0.15) is 0 Å². The Bertz CT molecular complexity index is 2370. The van der Waals surface area contributed by atoms with Crippen molar-refractivity contribution in [3.05, 3.63) is 146 Å². The zero-order valence-electron chi connectivity index (χ0n) is 23.2. The molecule has 0 aliphatic heterocycles. The zero-order valence-corrected chi connectivity index (χ0v) is 24.0. The highest BCUT2D eigenvalue weighted by molar-refractivity contribution is 7.17. The third-order valence-corrected chi connectivity index (χ3v) is 9.57. The van der Waals surface area contributed by atoms with E-state index in [0.717, 1.165) is 21.1 Å². The molecule has 0 bridgehead atoms. The van der Waals surface area contributed by atoms with Gasteiger partial charge in [0.15, 0.2) is 0 Å². The first kappa shape index (κ1) is 24.2. The lowest BCUT2D eigenvalue weighted by molar-refractivity contribution is 1.10. The first-order valence-electron chi connectivity index (χ1n) is 14.5. The Labute approximate surface area is 252 Å². The lowest BCUT2D eigenvalue weighted by Crippen LogP contribution is -1.88. The van der Waals surface area contributed by atoms with Gasteiger partial charge in [0.1, 0.15) is 10.0 Å². The Morgan fingerprint density at radius 1 is 0.349 bits per heavy atom. The quantitative estimate of drug-likeness (QED) is 0.199. The van der Waals surface area contributed by atoms with Crippen LogP contribution in [0.15, 0.2) is 146 Å². The Kier molecular flexibility index (Phi) is 5.40. The Morgan fingerprint density at radius 3 is 1.51 bits per heavy atom. The minimum Gasteiger partial charge on any atom is -0.138 e. The molecule has 9 aromatic rings. The number of benzene rings is 8. The van der Waals surface area contributed by atoms with Gasteiger partial charge in [0.05, 0.1) is 0 Å². The molecule has 0 aliphatic rings. The summed E-state index contributed by atoms with van der Waals surface area (Å²) < 4.78 is 0. The minimum atomic E-state index is 0.934. The molecule has 2 nitrogen and oxygen atoms in total. The van der Waals surface area contributed by atoms with Crippen molar-refractivity contribution < 1.29 is 0 Å². The number of rotatable bonds is 4. The summed E-state index contributed by atoms with van der Waals surface area (Å²) in [7, 11) is 0. The molecule has 0 saturated carbocycles. The highest BCUT2D eigenvalue weighted by Crippen LogP contribution is 2.41. The summed E-state index contributed by atoms with van der Waals surface area (Å²) in [6.45, 7) is 0. The van der Waals surface area contributed by atoms with Gasteiger partial charge in [-0.05, 0) is 89.6 Å². The van der Waals surface area contributed by atoms with E-state index in [1.54, 1.807) is 11.3 Å². The van der Waals surface area contributed by atoms with Crippen molar-refractivity contribution in [2.24, 2.45) is 0 Å². The van der Waals surface area contributed by atoms with Gasteiger partial charge < -0.3 is 0 Å². The molecule has 9 rings (SSSR count). The summed E-state index contributed by atoms with van der Waals surface area (Å²) in [6.07, 6.45) is 0. The van der Waals surface area contributed by atoms with E-state index in [1.165, 1.54) is 65.3 Å². The Morgan fingerprint density at radius 2 is 0.860 bits per heavy atom. The normalized spacial score (nSPS) is 11.7. The highest BCUT2D eigenvalue weighted by Gasteiger charge is 2.14. The average Bonchev–Trinajstić information content (AvgIpc) is 3.58. The maximum absolute atomic E-state index is 4.47. The monoisotopic (exact) mass is 564 g/mol. The molecule has 0 radical (unpaired) electrons. The first-order chi connectivity index (χ1) is 21.3. The number of hydrogen-bond donors (Lipinski definition) is 0. The first-order valence-corrected chi connectivity index (χ1v) is 15.3. The van der Waals surface area contributed by atoms with E-state index >= 15 is 0 Å². The lowest BCUT2D eigenvalue weighted by Gasteiger charge is -2.15. The van der Waals surface area contributed by atoms with Crippen LogP contribution in [0.25, 0.3) is 86.5 Å². The van der Waals surface area contributed by atoms with Crippen molar-refractivity contribution >= 4 is 54.4 Å². The molecule has 0 spiro atoms. The van der Waals surface area contributed by atoms with Crippen LogP contribution in [0, 0.1) is 0 Å². The molecule has 0 fully saturated rings. The minimum absolute atomic E-state index is 0.934. The Hall–Kier alpha value is -5.38. The Balaban J connectivity index is 1.10. The van der Waals surface area contributed by atoms with Gasteiger partial charge in [-0.3, -0.25) is 0 Å². The van der Waals surface area contributed by atoms with Gasteiger partial charge in [0.2, 0.25) is 0 Å². The molecule has 0 saturated heterocycles. The van der Waals surface area contributed by atoms with Gasteiger partial charge in [0.25, 0.3) is 0 Å². The van der Waals surface area contributed by atoms with Crippen LogP contribution in [0.3, 0.4) is 0 Å². The SMILES string of the molecule is c1ccc(-c2nnc(-c3ccc(-c4cc5ccc6cc(-c7cccc8ccccc78)cc7ccc(c4)c5c67)cc3)s2)cc1. The van der Waals surface area contributed by atoms with Crippen LogP contribution in [0.2, 0.25) is 0 Å². The molecular weight excluding hydrogens is 541 g/mol. The summed E-state index contributed by atoms with van der Waals surface area (Å²) in [5, 5.41) is 21.1. The summed E-state index contributed by atoms with van der Waals surface area (Å²) in [5.74, 6) is 0. The molecule has 0 amide bonds. The zero-order chi connectivity index (χ0) is 28.3. The predicted octanol–water partition coefficient (Wildman–Crippen LogP) is 11.3. The van der Waals surface area contributed by atoms with Crippen molar-refractivity contribution in [1.82, 2.24) is 10.2 Å². The summed E-state index contributed by atoms with van der Waals surface area (Å²) >= 11 is 1.62. The molecule has 8 aromatic carbocycles. The third-order valence-electron chi connectivity index (χ3n) is 8.55. The second-order valence-corrected chi connectivity index (χ2v) is 12.1. The van der Waals surface area contributed by atoms with E-state index < -0.39 is 0 Å². The fourth-order valence-corrected chi connectivity index (χ4v) is 7.33. The van der Waals surface area contributed by atoms with Crippen LogP contribution >= 0.6 is 11.3 Å². The van der Waals surface area contributed by atoms with Gasteiger partial charge in [-0.2, -0.15) is 0 Å². The third kappa shape index (κ3) is 4.01. The summed E-state index contributed by atoms with van der Waals surface area (Å²) in [5.41, 5.74) is 7.13. The van der Waals surface area contributed by atoms with Crippen LogP contribution in [0.5, 0.6) is 0 Å². The van der Waals surface area contributed by atoms with Gasteiger partial charge in [-0.15, -0.1) is 10.2 Å². The van der Waals surface area contributed by atoms with Crippen LogP contribution in [-0.2, 0) is 0 Å². The standard InChI is InChI=1S/C40H24N2S/c1-2-8-27(9-3-1)39-41-42-40(43-39)28-15-13-25(14-16-28)33-21-29-17-19-31-23-34(24-32-20-18-30(22-33)37(29)38(31)32)36-12-6-10-26-7-4-5-11-35(26)36/h1-24H. The van der Waals surface area contributed by atoms with Gasteiger partial charge >= 0.3 is 0 Å². The van der Waals surface area contributed by atoms with Crippen molar-refractivity contribution in [3.63, 3.8) is 0 Å². The molecule has 43 heavy (non-hydrogen) atoms. The summed E-state index contributed by atoms with van der Waals surface area (Å²) in [4.78, 5) is 0. The maximum Gasteiger partial charge on any atom is 0.148 e.